The molecule has 0 N–H and O–H groups in total. The molecule has 21 heavy (non-hydrogen) atoms. The molecule has 1 saturated carbocycles. The Bertz CT molecular complexity index is 486. The van der Waals surface area contributed by atoms with Gasteiger partial charge in [0.25, 0.3) is 0 Å². The minimum absolute atomic E-state index is 0.142. The number of allylic oxidation sites excluding steroid dienone is 4. The van der Waals surface area contributed by atoms with Crippen molar-refractivity contribution in [2.75, 3.05) is 0 Å². The minimum Gasteiger partial charge on any atom is -0.303 e. The van der Waals surface area contributed by atoms with Crippen LogP contribution < -0.4 is 0 Å². The van der Waals surface area contributed by atoms with Gasteiger partial charge in [-0.3, -0.25) is 0 Å². The SMILES string of the molecule is CC(C)C1=C[C@@H]2C=C[C@@H]3[C@](C)(CCC[C@@]3(C)C=O)[C@H]2CC1. The second-order valence-corrected chi connectivity index (χ2v) is 8.46. The molecule has 0 unspecified atom stereocenters. The number of fused-ring (bicyclic) bond motifs is 3. The molecule has 1 nitrogen and oxygen atoms in total. The van der Waals surface area contributed by atoms with Crippen LogP contribution in [0.5, 0.6) is 0 Å². The fourth-order valence-electron chi connectivity index (χ4n) is 5.54. The predicted molar refractivity (Wildman–Crippen MR) is 87.9 cm³/mol. The third-order valence-corrected chi connectivity index (χ3v) is 6.85. The fraction of sp³-hybridized carbons (Fsp3) is 0.750. The van der Waals surface area contributed by atoms with E-state index >= 15 is 0 Å². The quantitative estimate of drug-likeness (QED) is 0.505. The van der Waals surface area contributed by atoms with Crippen LogP contribution in [-0.4, -0.2) is 6.29 Å². The Hall–Kier alpha value is -0.850. The summed E-state index contributed by atoms with van der Waals surface area (Å²) in [6.45, 7) is 9.28. The molecule has 0 aliphatic heterocycles. The van der Waals surface area contributed by atoms with Crippen molar-refractivity contribution in [1.29, 1.82) is 0 Å². The number of hydrogen-bond donors (Lipinski definition) is 0. The molecule has 0 heterocycles. The van der Waals surface area contributed by atoms with Crippen LogP contribution in [0.3, 0.4) is 0 Å². The summed E-state index contributed by atoms with van der Waals surface area (Å²) < 4.78 is 0. The van der Waals surface area contributed by atoms with Gasteiger partial charge in [0.1, 0.15) is 6.29 Å². The maximum Gasteiger partial charge on any atom is 0.126 e. The van der Waals surface area contributed by atoms with Crippen LogP contribution in [0.25, 0.3) is 0 Å². The van der Waals surface area contributed by atoms with Crippen molar-refractivity contribution >= 4 is 6.29 Å². The maximum absolute atomic E-state index is 11.7. The van der Waals surface area contributed by atoms with Gasteiger partial charge < -0.3 is 4.79 Å². The van der Waals surface area contributed by atoms with E-state index in [1.54, 1.807) is 5.57 Å². The molecule has 0 amide bonds. The lowest BCUT2D eigenvalue weighted by Crippen LogP contribution is -2.51. The smallest absolute Gasteiger partial charge is 0.126 e. The third-order valence-electron chi connectivity index (χ3n) is 6.85. The van der Waals surface area contributed by atoms with Crippen LogP contribution in [0.2, 0.25) is 0 Å². The molecule has 1 fully saturated rings. The molecule has 3 aliphatic rings. The van der Waals surface area contributed by atoms with Crippen molar-refractivity contribution in [3.8, 4) is 0 Å². The summed E-state index contributed by atoms with van der Waals surface area (Å²) in [6, 6.07) is 0. The molecule has 0 saturated heterocycles. The van der Waals surface area contributed by atoms with Crippen molar-refractivity contribution in [2.24, 2.45) is 34.5 Å². The number of carbonyl (C=O) groups excluding carboxylic acids is 1. The fourth-order valence-corrected chi connectivity index (χ4v) is 5.54. The molecular weight excluding hydrogens is 256 g/mol. The molecule has 5 atom stereocenters. The molecule has 0 aromatic carbocycles. The van der Waals surface area contributed by atoms with Crippen molar-refractivity contribution in [3.05, 3.63) is 23.8 Å². The van der Waals surface area contributed by atoms with Gasteiger partial charge in [-0.15, -0.1) is 0 Å². The van der Waals surface area contributed by atoms with Gasteiger partial charge in [-0.25, -0.2) is 0 Å². The van der Waals surface area contributed by atoms with E-state index in [-0.39, 0.29) is 5.41 Å². The molecule has 0 radical (unpaired) electrons. The van der Waals surface area contributed by atoms with Crippen LogP contribution in [0.1, 0.15) is 59.8 Å². The average molecular weight is 286 g/mol. The second kappa shape index (κ2) is 5.11. The Balaban J connectivity index is 1.98. The van der Waals surface area contributed by atoms with E-state index in [0.29, 0.717) is 23.2 Å². The summed E-state index contributed by atoms with van der Waals surface area (Å²) in [5.74, 6) is 2.45. The van der Waals surface area contributed by atoms with Gasteiger partial charge in [0, 0.05) is 5.41 Å². The highest BCUT2D eigenvalue weighted by molar-refractivity contribution is 5.61. The van der Waals surface area contributed by atoms with Crippen molar-refractivity contribution in [2.45, 2.75) is 59.8 Å². The van der Waals surface area contributed by atoms with Crippen molar-refractivity contribution in [1.82, 2.24) is 0 Å². The highest BCUT2D eigenvalue weighted by Crippen LogP contribution is 2.60. The number of hydrogen-bond acceptors (Lipinski definition) is 1. The van der Waals surface area contributed by atoms with E-state index in [9.17, 15) is 4.79 Å². The Labute approximate surface area is 129 Å². The van der Waals surface area contributed by atoms with Gasteiger partial charge in [0.15, 0.2) is 0 Å². The van der Waals surface area contributed by atoms with Crippen LogP contribution in [0, 0.1) is 34.5 Å². The zero-order valence-electron chi connectivity index (χ0n) is 14.1. The largest absolute Gasteiger partial charge is 0.303 e. The first-order valence-corrected chi connectivity index (χ1v) is 8.76. The standard InChI is InChI=1S/C20H30O/c1-14(2)15-6-8-17-16(12-15)7-9-18-19(3,13-21)10-5-11-20(17,18)4/h7,9,12-14,16-18H,5-6,8,10-11H2,1-4H3/t16-,17-,18-,19-,20+/m0/s1. The number of carbonyl (C=O) groups is 1. The summed E-state index contributed by atoms with van der Waals surface area (Å²) >= 11 is 0. The van der Waals surface area contributed by atoms with Crippen LogP contribution in [0.15, 0.2) is 23.8 Å². The zero-order chi connectivity index (χ0) is 15.3. The Morgan fingerprint density at radius 1 is 1.24 bits per heavy atom. The molecule has 0 spiro atoms. The van der Waals surface area contributed by atoms with E-state index in [4.69, 9.17) is 0 Å². The molecule has 0 bridgehead atoms. The van der Waals surface area contributed by atoms with Gasteiger partial charge in [0.2, 0.25) is 0 Å². The molecule has 3 aliphatic carbocycles. The Morgan fingerprint density at radius 3 is 2.67 bits per heavy atom. The van der Waals surface area contributed by atoms with Gasteiger partial charge >= 0.3 is 0 Å². The molecular formula is C20H30O. The maximum atomic E-state index is 11.7. The summed E-state index contributed by atoms with van der Waals surface area (Å²) in [4.78, 5) is 11.7. The van der Waals surface area contributed by atoms with E-state index in [2.05, 4.69) is 45.9 Å². The lowest BCUT2D eigenvalue weighted by molar-refractivity contribution is -0.126. The number of rotatable bonds is 2. The first-order valence-electron chi connectivity index (χ1n) is 8.76. The first kappa shape index (κ1) is 15.1. The molecule has 1 heteroatoms. The van der Waals surface area contributed by atoms with E-state index in [0.717, 1.165) is 12.3 Å². The highest BCUT2D eigenvalue weighted by Gasteiger charge is 2.54. The van der Waals surface area contributed by atoms with Crippen molar-refractivity contribution < 1.29 is 4.79 Å². The molecule has 3 rings (SSSR count). The van der Waals surface area contributed by atoms with Gasteiger partial charge in [-0.2, -0.15) is 0 Å². The summed E-state index contributed by atoms with van der Waals surface area (Å²) in [7, 11) is 0. The summed E-state index contributed by atoms with van der Waals surface area (Å²) in [5, 5.41) is 0. The first-order chi connectivity index (χ1) is 9.90. The van der Waals surface area contributed by atoms with E-state index in [1.807, 2.05) is 0 Å². The van der Waals surface area contributed by atoms with E-state index < -0.39 is 0 Å². The normalized spacial score (nSPS) is 45.8. The number of aldehydes is 1. The molecule has 0 aromatic rings. The van der Waals surface area contributed by atoms with Gasteiger partial charge in [-0.1, -0.05) is 57.9 Å². The monoisotopic (exact) mass is 286 g/mol. The Kier molecular flexibility index (Phi) is 3.66. The van der Waals surface area contributed by atoms with Gasteiger partial charge in [-0.05, 0) is 54.8 Å². The zero-order valence-corrected chi connectivity index (χ0v) is 14.1. The average Bonchev–Trinajstić information content (AvgIpc) is 2.46. The van der Waals surface area contributed by atoms with Crippen LogP contribution in [0.4, 0.5) is 0 Å². The van der Waals surface area contributed by atoms with Crippen LogP contribution >= 0.6 is 0 Å². The minimum atomic E-state index is -0.142. The highest BCUT2D eigenvalue weighted by atomic mass is 16.1. The molecule has 116 valence electrons. The lowest BCUT2D eigenvalue weighted by atomic mass is 9.47. The summed E-state index contributed by atoms with van der Waals surface area (Å²) in [5.41, 5.74) is 1.81. The second-order valence-electron chi connectivity index (χ2n) is 8.46. The lowest BCUT2D eigenvalue weighted by Gasteiger charge is -2.57. The topological polar surface area (TPSA) is 17.1 Å². The third kappa shape index (κ3) is 2.24. The Morgan fingerprint density at radius 2 is 2.00 bits per heavy atom. The van der Waals surface area contributed by atoms with Gasteiger partial charge in [0.05, 0.1) is 0 Å². The van der Waals surface area contributed by atoms with Crippen LogP contribution in [-0.2, 0) is 4.79 Å². The van der Waals surface area contributed by atoms with E-state index in [1.165, 1.54) is 32.0 Å². The predicted octanol–water partition coefficient (Wildman–Crippen LogP) is 5.18. The van der Waals surface area contributed by atoms with Crippen molar-refractivity contribution in [3.63, 3.8) is 0 Å². The summed E-state index contributed by atoms with van der Waals surface area (Å²) in [6.07, 6.45) is 14.7. The molecule has 0 aromatic heterocycles.